The predicted octanol–water partition coefficient (Wildman–Crippen LogP) is 3.18. The molecule has 0 spiro atoms. The van der Waals surface area contributed by atoms with Crippen molar-refractivity contribution in [2.24, 2.45) is 0 Å². The Morgan fingerprint density at radius 1 is 1.06 bits per heavy atom. The number of carbonyl (C=O) groups is 1. The standard InChI is InChI=1S/C23H24N2O5S/c1-25(16-10-11-31(27,28)14-16)23(26)18-13-20(24-19-7-5-4-6-17(18)19)15-8-9-21(29-2)22(12-15)30-3/h4-9,12-13,16H,10-11,14H2,1-3H3. The minimum absolute atomic E-state index is 0.000786. The second-order valence-corrected chi connectivity index (χ2v) is 9.84. The largest absolute Gasteiger partial charge is 0.493 e. The first-order valence-electron chi connectivity index (χ1n) is 9.93. The zero-order chi connectivity index (χ0) is 22.2. The lowest BCUT2D eigenvalue weighted by molar-refractivity contribution is 0.0749. The molecular formula is C23H24N2O5S. The third kappa shape index (κ3) is 4.07. The van der Waals surface area contributed by atoms with Gasteiger partial charge in [-0.1, -0.05) is 18.2 Å². The maximum atomic E-state index is 13.4. The van der Waals surface area contributed by atoms with Crippen LogP contribution in [-0.4, -0.2) is 63.0 Å². The fourth-order valence-electron chi connectivity index (χ4n) is 3.93. The van der Waals surface area contributed by atoms with Crippen molar-refractivity contribution in [3.63, 3.8) is 0 Å². The van der Waals surface area contributed by atoms with Crippen LogP contribution in [0, 0.1) is 0 Å². The first kappa shape index (κ1) is 21.1. The van der Waals surface area contributed by atoms with E-state index in [1.165, 1.54) is 0 Å². The summed E-state index contributed by atoms with van der Waals surface area (Å²) in [7, 11) is 1.71. The van der Waals surface area contributed by atoms with E-state index in [9.17, 15) is 13.2 Å². The lowest BCUT2D eigenvalue weighted by Gasteiger charge is -2.24. The van der Waals surface area contributed by atoms with Gasteiger partial charge in [0.2, 0.25) is 0 Å². The molecule has 3 aromatic rings. The van der Waals surface area contributed by atoms with Gasteiger partial charge in [-0.2, -0.15) is 0 Å². The molecule has 0 radical (unpaired) electrons. The van der Waals surface area contributed by atoms with Crippen LogP contribution in [0.3, 0.4) is 0 Å². The molecule has 1 saturated heterocycles. The highest BCUT2D eigenvalue weighted by atomic mass is 32.2. The van der Waals surface area contributed by atoms with E-state index in [2.05, 4.69) is 0 Å². The third-order valence-electron chi connectivity index (χ3n) is 5.70. The average molecular weight is 441 g/mol. The lowest BCUT2D eigenvalue weighted by atomic mass is 10.0. The van der Waals surface area contributed by atoms with Crippen LogP contribution in [0.15, 0.2) is 48.5 Å². The topological polar surface area (TPSA) is 85.8 Å². The molecule has 1 aliphatic rings. The van der Waals surface area contributed by atoms with E-state index in [1.54, 1.807) is 38.3 Å². The number of hydrogen-bond acceptors (Lipinski definition) is 6. The van der Waals surface area contributed by atoms with Crippen molar-refractivity contribution < 1.29 is 22.7 Å². The summed E-state index contributed by atoms with van der Waals surface area (Å²) in [4.78, 5) is 19.7. The summed E-state index contributed by atoms with van der Waals surface area (Å²) >= 11 is 0. The van der Waals surface area contributed by atoms with Crippen LogP contribution in [0.1, 0.15) is 16.8 Å². The smallest absolute Gasteiger partial charge is 0.254 e. The van der Waals surface area contributed by atoms with Crippen LogP contribution in [0.5, 0.6) is 11.5 Å². The van der Waals surface area contributed by atoms with Crippen LogP contribution >= 0.6 is 0 Å². The molecule has 7 nitrogen and oxygen atoms in total. The van der Waals surface area contributed by atoms with E-state index < -0.39 is 9.84 Å². The number of pyridine rings is 1. The number of methoxy groups -OCH3 is 2. The van der Waals surface area contributed by atoms with Gasteiger partial charge in [0, 0.05) is 24.0 Å². The van der Waals surface area contributed by atoms with E-state index in [-0.39, 0.29) is 23.5 Å². The number of benzene rings is 2. The Morgan fingerprint density at radius 2 is 1.81 bits per heavy atom. The number of nitrogens with zero attached hydrogens (tertiary/aromatic N) is 2. The number of aromatic nitrogens is 1. The molecule has 31 heavy (non-hydrogen) atoms. The Kier molecular flexibility index (Phi) is 5.58. The van der Waals surface area contributed by atoms with Crippen molar-refractivity contribution in [1.82, 2.24) is 9.88 Å². The summed E-state index contributed by atoms with van der Waals surface area (Å²) in [6.07, 6.45) is 0.454. The van der Waals surface area contributed by atoms with Gasteiger partial charge in [-0.25, -0.2) is 13.4 Å². The molecule has 0 saturated carbocycles. The first-order chi connectivity index (χ1) is 14.8. The number of hydrogen-bond donors (Lipinski definition) is 0. The van der Waals surface area contributed by atoms with Crippen LogP contribution in [0.2, 0.25) is 0 Å². The van der Waals surface area contributed by atoms with Gasteiger partial charge in [-0.3, -0.25) is 4.79 Å². The van der Waals surface area contributed by atoms with Crippen LogP contribution in [0.4, 0.5) is 0 Å². The number of sulfone groups is 1. The number of rotatable bonds is 5. The molecule has 8 heteroatoms. The molecule has 0 bridgehead atoms. The van der Waals surface area contributed by atoms with Gasteiger partial charge in [0.05, 0.1) is 42.5 Å². The van der Waals surface area contributed by atoms with E-state index in [0.717, 1.165) is 10.9 Å². The third-order valence-corrected chi connectivity index (χ3v) is 7.45. The molecule has 2 heterocycles. The molecule has 1 aliphatic heterocycles. The Morgan fingerprint density at radius 3 is 2.48 bits per heavy atom. The van der Waals surface area contributed by atoms with E-state index in [0.29, 0.717) is 34.7 Å². The zero-order valence-corrected chi connectivity index (χ0v) is 18.5. The lowest BCUT2D eigenvalue weighted by Crippen LogP contribution is -2.38. The molecule has 162 valence electrons. The summed E-state index contributed by atoms with van der Waals surface area (Å²) in [6, 6.07) is 14.3. The fourth-order valence-corrected chi connectivity index (χ4v) is 5.71. The van der Waals surface area contributed by atoms with Gasteiger partial charge in [0.15, 0.2) is 21.3 Å². The summed E-state index contributed by atoms with van der Waals surface area (Å²) in [5, 5.41) is 0.726. The quantitative estimate of drug-likeness (QED) is 0.606. The molecule has 1 fully saturated rings. The molecule has 2 aromatic carbocycles. The summed E-state index contributed by atoms with van der Waals surface area (Å²) in [6.45, 7) is 0. The van der Waals surface area contributed by atoms with E-state index in [4.69, 9.17) is 14.5 Å². The predicted molar refractivity (Wildman–Crippen MR) is 119 cm³/mol. The van der Waals surface area contributed by atoms with Gasteiger partial charge in [0.25, 0.3) is 5.91 Å². The number of para-hydroxylation sites is 1. The highest BCUT2D eigenvalue weighted by molar-refractivity contribution is 7.91. The first-order valence-corrected chi connectivity index (χ1v) is 11.7. The second kappa shape index (κ2) is 8.19. The Hall–Kier alpha value is -3.13. The maximum absolute atomic E-state index is 13.4. The van der Waals surface area contributed by atoms with Gasteiger partial charge in [-0.05, 0) is 36.8 Å². The molecule has 1 unspecified atom stereocenters. The zero-order valence-electron chi connectivity index (χ0n) is 17.7. The van der Waals surface area contributed by atoms with Gasteiger partial charge >= 0.3 is 0 Å². The van der Waals surface area contributed by atoms with Gasteiger partial charge in [0.1, 0.15) is 0 Å². The van der Waals surface area contributed by atoms with Crippen molar-refractivity contribution in [2.45, 2.75) is 12.5 Å². The molecule has 1 amide bonds. The Balaban J connectivity index is 1.80. The van der Waals surface area contributed by atoms with Crippen LogP contribution in [0.25, 0.3) is 22.2 Å². The molecule has 4 rings (SSSR count). The van der Waals surface area contributed by atoms with Crippen LogP contribution < -0.4 is 9.47 Å². The van der Waals surface area contributed by atoms with E-state index >= 15 is 0 Å². The van der Waals surface area contributed by atoms with Crippen LogP contribution in [-0.2, 0) is 9.84 Å². The summed E-state index contributed by atoms with van der Waals surface area (Å²) in [5.74, 6) is 1.06. The average Bonchev–Trinajstić information content (AvgIpc) is 3.16. The minimum atomic E-state index is -3.10. The summed E-state index contributed by atoms with van der Waals surface area (Å²) in [5.41, 5.74) is 2.58. The van der Waals surface area contributed by atoms with E-state index in [1.807, 2.05) is 36.4 Å². The normalized spacial score (nSPS) is 17.5. The molecule has 1 aromatic heterocycles. The maximum Gasteiger partial charge on any atom is 0.254 e. The molecule has 0 aliphatic carbocycles. The highest BCUT2D eigenvalue weighted by Crippen LogP contribution is 2.33. The SMILES string of the molecule is COc1ccc(-c2cc(C(=O)N(C)C3CCS(=O)(=O)C3)c3ccccc3n2)cc1OC. The van der Waals surface area contributed by atoms with Gasteiger partial charge in [-0.15, -0.1) is 0 Å². The summed E-state index contributed by atoms with van der Waals surface area (Å²) < 4.78 is 34.5. The second-order valence-electron chi connectivity index (χ2n) is 7.61. The van der Waals surface area contributed by atoms with Crippen molar-refractivity contribution >= 4 is 26.6 Å². The van der Waals surface area contributed by atoms with Crippen molar-refractivity contribution in [3.8, 4) is 22.8 Å². The molecule has 1 atom stereocenters. The number of ether oxygens (including phenoxy) is 2. The highest BCUT2D eigenvalue weighted by Gasteiger charge is 2.33. The molecular weight excluding hydrogens is 416 g/mol. The number of carbonyl (C=O) groups excluding carboxylic acids is 1. The minimum Gasteiger partial charge on any atom is -0.493 e. The Labute approximate surface area is 181 Å². The van der Waals surface area contributed by atoms with Gasteiger partial charge < -0.3 is 14.4 Å². The number of amides is 1. The Bertz CT molecular complexity index is 1260. The monoisotopic (exact) mass is 440 g/mol. The fraction of sp³-hybridized carbons (Fsp3) is 0.304. The molecule has 0 N–H and O–H groups in total. The van der Waals surface area contributed by atoms with Crippen molar-refractivity contribution in [2.75, 3.05) is 32.8 Å². The van der Waals surface area contributed by atoms with Crippen molar-refractivity contribution in [3.05, 3.63) is 54.1 Å². The van der Waals surface area contributed by atoms with Crippen molar-refractivity contribution in [1.29, 1.82) is 0 Å². The number of fused-ring (bicyclic) bond motifs is 1.